The number of nitrogens with zero attached hydrogens (tertiary/aromatic N) is 2. The fourth-order valence-corrected chi connectivity index (χ4v) is 3.28. The highest BCUT2D eigenvalue weighted by Crippen LogP contribution is 2.21. The number of aromatic nitrogens is 1. The minimum Gasteiger partial charge on any atom is -0.367 e. The highest BCUT2D eigenvalue weighted by atomic mass is 32.1. The van der Waals surface area contributed by atoms with Crippen molar-refractivity contribution >= 4 is 22.9 Å². The van der Waals surface area contributed by atoms with Gasteiger partial charge in [-0.25, -0.2) is 4.98 Å². The lowest BCUT2D eigenvalue weighted by Crippen LogP contribution is -2.19. The number of carbonyl (C=O) groups is 1. The molecule has 0 saturated carbocycles. The second-order valence-corrected chi connectivity index (χ2v) is 7.35. The summed E-state index contributed by atoms with van der Waals surface area (Å²) in [5.41, 5.74) is 0.652. The fraction of sp³-hybridized carbons (Fsp3) is 0.474. The van der Waals surface area contributed by atoms with Crippen LogP contribution in [-0.4, -0.2) is 42.3 Å². The van der Waals surface area contributed by atoms with Crippen molar-refractivity contribution in [2.24, 2.45) is 0 Å². The van der Waals surface area contributed by atoms with Crippen molar-refractivity contribution in [2.75, 3.05) is 26.0 Å². The molecular formula is C19H27N3OS. The number of hydrogen-bond acceptors (Lipinski definition) is 5. The predicted molar refractivity (Wildman–Crippen MR) is 102 cm³/mol. The van der Waals surface area contributed by atoms with E-state index in [1.165, 1.54) is 30.6 Å². The Hall–Kier alpha value is -1.72. The van der Waals surface area contributed by atoms with Gasteiger partial charge in [0, 0.05) is 12.2 Å². The average molecular weight is 346 g/mol. The van der Waals surface area contributed by atoms with E-state index in [2.05, 4.69) is 36.2 Å². The topological polar surface area (TPSA) is 45.2 Å². The van der Waals surface area contributed by atoms with Crippen LogP contribution in [0.4, 0.5) is 5.82 Å². The van der Waals surface area contributed by atoms with E-state index < -0.39 is 0 Å². The monoisotopic (exact) mass is 345 g/mol. The second-order valence-electron chi connectivity index (χ2n) is 6.40. The third kappa shape index (κ3) is 5.73. The van der Waals surface area contributed by atoms with Crippen LogP contribution < -0.4 is 5.32 Å². The smallest absolute Gasteiger partial charge is 0.206 e. The second kappa shape index (κ2) is 9.55. The Balaban J connectivity index is 1.89. The number of pyridine rings is 1. The summed E-state index contributed by atoms with van der Waals surface area (Å²) in [6.45, 7) is 3.29. The van der Waals surface area contributed by atoms with E-state index in [1.807, 2.05) is 29.6 Å². The van der Waals surface area contributed by atoms with Crippen molar-refractivity contribution < 1.29 is 4.79 Å². The Morgan fingerprint density at radius 2 is 2.08 bits per heavy atom. The van der Waals surface area contributed by atoms with Crippen LogP contribution in [0.15, 0.2) is 35.8 Å². The molecule has 1 unspecified atom stereocenters. The van der Waals surface area contributed by atoms with Gasteiger partial charge < -0.3 is 10.2 Å². The summed E-state index contributed by atoms with van der Waals surface area (Å²) in [4.78, 5) is 20.0. The van der Waals surface area contributed by atoms with Crippen molar-refractivity contribution in [3.05, 3.63) is 46.3 Å². The average Bonchev–Trinajstić information content (AvgIpc) is 3.08. The summed E-state index contributed by atoms with van der Waals surface area (Å²) < 4.78 is 0. The molecule has 2 aromatic rings. The van der Waals surface area contributed by atoms with Crippen molar-refractivity contribution in [1.29, 1.82) is 0 Å². The molecule has 2 heterocycles. The van der Waals surface area contributed by atoms with Crippen LogP contribution >= 0.6 is 11.3 Å². The number of ketones is 1. The standard InChI is InChI=1S/C19H27N3OS/c1-15(9-5-4-6-13-22(2)3)21-19-16(10-7-12-20-19)18(23)17-11-8-14-24-17/h7-8,10-12,14-15H,4-6,9,13H2,1-3H3,(H,20,21). The van der Waals surface area contributed by atoms with Crippen LogP contribution in [0, 0.1) is 0 Å². The van der Waals surface area contributed by atoms with Crippen molar-refractivity contribution in [1.82, 2.24) is 9.88 Å². The maximum Gasteiger partial charge on any atom is 0.206 e. The molecule has 130 valence electrons. The maximum absolute atomic E-state index is 12.6. The molecule has 0 bridgehead atoms. The minimum atomic E-state index is 0.0405. The van der Waals surface area contributed by atoms with Gasteiger partial charge in [0.25, 0.3) is 0 Å². The van der Waals surface area contributed by atoms with Crippen molar-refractivity contribution in [3.8, 4) is 0 Å². The van der Waals surface area contributed by atoms with E-state index >= 15 is 0 Å². The maximum atomic E-state index is 12.6. The molecule has 0 amide bonds. The van der Waals surface area contributed by atoms with E-state index in [4.69, 9.17) is 0 Å². The van der Waals surface area contributed by atoms with Crippen LogP contribution in [0.5, 0.6) is 0 Å². The Kier molecular flexibility index (Phi) is 7.40. The zero-order chi connectivity index (χ0) is 17.4. The first-order chi connectivity index (χ1) is 11.6. The SMILES string of the molecule is CC(CCCCCN(C)C)Nc1ncccc1C(=O)c1cccs1. The Labute approximate surface area is 148 Å². The third-order valence-electron chi connectivity index (χ3n) is 3.92. The Bertz CT molecular complexity index is 625. The van der Waals surface area contributed by atoms with E-state index in [0.29, 0.717) is 17.4 Å². The van der Waals surface area contributed by atoms with Crippen molar-refractivity contribution in [2.45, 2.75) is 38.6 Å². The molecule has 2 rings (SSSR count). The van der Waals surface area contributed by atoms with E-state index in [9.17, 15) is 4.79 Å². The molecule has 1 N–H and O–H groups in total. The molecule has 0 saturated heterocycles. The minimum absolute atomic E-state index is 0.0405. The molecule has 0 fully saturated rings. The lowest BCUT2D eigenvalue weighted by atomic mass is 10.1. The quantitative estimate of drug-likeness (QED) is 0.515. The van der Waals surface area contributed by atoms with E-state index in [1.54, 1.807) is 6.20 Å². The van der Waals surface area contributed by atoms with Gasteiger partial charge in [0.15, 0.2) is 0 Å². The Morgan fingerprint density at radius 1 is 1.25 bits per heavy atom. The summed E-state index contributed by atoms with van der Waals surface area (Å²) in [6.07, 6.45) is 6.45. The first kappa shape index (κ1) is 18.6. The van der Waals surface area contributed by atoms with Crippen LogP contribution in [0.2, 0.25) is 0 Å². The van der Waals surface area contributed by atoms with Crippen LogP contribution in [-0.2, 0) is 0 Å². The van der Waals surface area contributed by atoms with Gasteiger partial charge in [-0.15, -0.1) is 11.3 Å². The molecule has 0 radical (unpaired) electrons. The summed E-state index contributed by atoms with van der Waals surface area (Å²) in [6, 6.07) is 7.73. The number of carbonyl (C=O) groups excluding carboxylic acids is 1. The predicted octanol–water partition coefficient (Wildman–Crippen LogP) is 4.30. The van der Waals surface area contributed by atoms with Gasteiger partial charge in [-0.3, -0.25) is 4.79 Å². The number of rotatable bonds is 10. The molecule has 0 spiro atoms. The van der Waals surface area contributed by atoms with Gasteiger partial charge in [-0.2, -0.15) is 0 Å². The largest absolute Gasteiger partial charge is 0.367 e. The van der Waals surface area contributed by atoms with Gasteiger partial charge >= 0.3 is 0 Å². The zero-order valence-electron chi connectivity index (χ0n) is 14.8. The molecular weight excluding hydrogens is 318 g/mol. The summed E-state index contributed by atoms with van der Waals surface area (Å²) >= 11 is 1.47. The number of unbranched alkanes of at least 4 members (excludes halogenated alkanes) is 2. The molecule has 1 atom stereocenters. The molecule has 2 aromatic heterocycles. The zero-order valence-corrected chi connectivity index (χ0v) is 15.6. The summed E-state index contributed by atoms with van der Waals surface area (Å²) in [7, 11) is 4.22. The highest BCUT2D eigenvalue weighted by Gasteiger charge is 2.16. The normalized spacial score (nSPS) is 12.3. The van der Waals surface area contributed by atoms with Crippen LogP contribution in [0.3, 0.4) is 0 Å². The van der Waals surface area contributed by atoms with Crippen LogP contribution in [0.25, 0.3) is 0 Å². The van der Waals surface area contributed by atoms with E-state index in [-0.39, 0.29) is 5.78 Å². The third-order valence-corrected chi connectivity index (χ3v) is 4.79. The number of anilines is 1. The molecule has 0 aliphatic heterocycles. The number of hydrogen-bond donors (Lipinski definition) is 1. The lowest BCUT2D eigenvalue weighted by molar-refractivity contribution is 0.104. The Morgan fingerprint density at radius 3 is 2.79 bits per heavy atom. The molecule has 5 heteroatoms. The fourth-order valence-electron chi connectivity index (χ4n) is 2.60. The lowest BCUT2D eigenvalue weighted by Gasteiger charge is -2.17. The summed E-state index contributed by atoms with van der Waals surface area (Å²) in [5, 5.41) is 5.34. The first-order valence-electron chi connectivity index (χ1n) is 8.52. The number of thiophene rings is 1. The first-order valence-corrected chi connectivity index (χ1v) is 9.40. The van der Waals surface area contributed by atoms with Gasteiger partial charge in [-0.05, 0) is 64.0 Å². The van der Waals surface area contributed by atoms with Gasteiger partial charge in [-0.1, -0.05) is 18.9 Å². The van der Waals surface area contributed by atoms with Gasteiger partial charge in [0.2, 0.25) is 5.78 Å². The van der Waals surface area contributed by atoms with Crippen molar-refractivity contribution in [3.63, 3.8) is 0 Å². The number of nitrogens with one attached hydrogen (secondary N) is 1. The molecule has 0 aliphatic carbocycles. The molecule has 24 heavy (non-hydrogen) atoms. The van der Waals surface area contributed by atoms with Gasteiger partial charge in [0.1, 0.15) is 5.82 Å². The van der Waals surface area contributed by atoms with Gasteiger partial charge in [0.05, 0.1) is 10.4 Å². The highest BCUT2D eigenvalue weighted by molar-refractivity contribution is 7.12. The van der Waals surface area contributed by atoms with Crippen LogP contribution in [0.1, 0.15) is 47.8 Å². The molecule has 0 aromatic carbocycles. The van der Waals surface area contributed by atoms with E-state index in [0.717, 1.165) is 17.8 Å². The summed E-state index contributed by atoms with van der Waals surface area (Å²) in [5.74, 6) is 0.732. The molecule has 4 nitrogen and oxygen atoms in total. The molecule has 0 aliphatic rings.